The Bertz CT molecular complexity index is 3110. The van der Waals surface area contributed by atoms with Crippen LogP contribution in [0.2, 0.25) is 0 Å². The Hall–Kier alpha value is -6.18. The van der Waals surface area contributed by atoms with Gasteiger partial charge in [-0.15, -0.1) is 0 Å². The lowest BCUT2D eigenvalue weighted by atomic mass is 9.86. The highest BCUT2D eigenvalue weighted by Crippen LogP contribution is 2.39. The van der Waals surface area contributed by atoms with Crippen molar-refractivity contribution in [3.63, 3.8) is 0 Å². The van der Waals surface area contributed by atoms with Gasteiger partial charge in [-0.3, -0.25) is 0 Å². The van der Waals surface area contributed by atoms with E-state index in [4.69, 9.17) is 4.42 Å². The maximum Gasteiger partial charge on any atom is 0.135 e. The lowest BCUT2D eigenvalue weighted by Crippen LogP contribution is -2.30. The van der Waals surface area contributed by atoms with Gasteiger partial charge in [0.25, 0.3) is 0 Å². The summed E-state index contributed by atoms with van der Waals surface area (Å²) in [4.78, 5) is 0. The van der Waals surface area contributed by atoms with Crippen LogP contribution in [0.25, 0.3) is 99.1 Å². The summed E-state index contributed by atoms with van der Waals surface area (Å²) in [6, 6.07) is 55.6. The Morgan fingerprint density at radius 2 is 0.816 bits per heavy atom. The molecule has 0 saturated carbocycles. The molecule has 11 rings (SSSR count). The third-order valence-corrected chi connectivity index (χ3v) is 11.0. The average molecular weight is 623 g/mol. The first-order chi connectivity index (χ1) is 24.3. The molecule has 1 unspecified atom stereocenters. The van der Waals surface area contributed by atoms with Crippen molar-refractivity contribution in [2.24, 2.45) is 0 Å². The van der Waals surface area contributed by atoms with E-state index in [9.17, 15) is 0 Å². The van der Waals surface area contributed by atoms with E-state index in [0.29, 0.717) is 0 Å². The van der Waals surface area contributed by atoms with Crippen LogP contribution in [0.1, 0.15) is 17.9 Å². The van der Waals surface area contributed by atoms with E-state index in [1.54, 1.807) is 0 Å². The van der Waals surface area contributed by atoms with Crippen LogP contribution in [-0.4, -0.2) is 0 Å². The van der Waals surface area contributed by atoms with Gasteiger partial charge in [0.15, 0.2) is 0 Å². The molecule has 228 valence electrons. The molecule has 0 fully saturated rings. The van der Waals surface area contributed by atoms with E-state index < -0.39 is 0 Å². The van der Waals surface area contributed by atoms with Gasteiger partial charge < -0.3 is 4.42 Å². The Kier molecular flexibility index (Phi) is 5.57. The molecular formula is C48H30O. The van der Waals surface area contributed by atoms with Crippen LogP contribution in [-0.2, 0) is 0 Å². The third-order valence-electron chi connectivity index (χ3n) is 11.0. The topological polar surface area (TPSA) is 13.1 Å². The second kappa shape index (κ2) is 10.2. The molecule has 1 heterocycles. The molecule has 1 aliphatic carbocycles. The van der Waals surface area contributed by atoms with Gasteiger partial charge in [-0.05, 0) is 118 Å². The summed E-state index contributed by atoms with van der Waals surface area (Å²) < 4.78 is 6.41. The van der Waals surface area contributed by atoms with Gasteiger partial charge in [-0.2, -0.15) is 0 Å². The van der Waals surface area contributed by atoms with Crippen LogP contribution in [0.4, 0.5) is 0 Å². The van der Waals surface area contributed by atoms with Crippen LogP contribution in [0.15, 0.2) is 156 Å². The molecule has 1 aromatic heterocycles. The minimum absolute atomic E-state index is 0.290. The highest BCUT2D eigenvalue weighted by atomic mass is 16.3. The quantitative estimate of drug-likeness (QED) is 0.175. The van der Waals surface area contributed by atoms with Gasteiger partial charge in [-0.1, -0.05) is 133 Å². The summed E-state index contributed by atoms with van der Waals surface area (Å²) >= 11 is 0. The van der Waals surface area contributed by atoms with Crippen molar-refractivity contribution in [2.45, 2.75) is 12.3 Å². The fourth-order valence-corrected chi connectivity index (χ4v) is 8.63. The Morgan fingerprint density at radius 1 is 0.367 bits per heavy atom. The molecule has 1 heteroatoms. The van der Waals surface area contributed by atoms with E-state index in [1.807, 2.05) is 0 Å². The molecule has 1 aliphatic rings. The van der Waals surface area contributed by atoms with E-state index in [0.717, 1.165) is 23.0 Å². The van der Waals surface area contributed by atoms with Crippen LogP contribution in [0.3, 0.4) is 0 Å². The zero-order valence-corrected chi connectivity index (χ0v) is 26.8. The molecule has 0 saturated heterocycles. The van der Waals surface area contributed by atoms with Gasteiger partial charge in [0, 0.05) is 16.7 Å². The highest BCUT2D eigenvalue weighted by Gasteiger charge is 2.17. The SMILES string of the molecule is C1=c2c(c3ccccc3c3ccccc23)=CC(c2ccc3oc4ccc(-c5ccc6c7ccccc7c7ccccc7c6c5)cc4c3c2)C1. The minimum Gasteiger partial charge on any atom is -0.456 e. The molecule has 1 atom stereocenters. The maximum absolute atomic E-state index is 6.41. The van der Waals surface area contributed by atoms with Gasteiger partial charge in [0.1, 0.15) is 11.2 Å². The highest BCUT2D eigenvalue weighted by molar-refractivity contribution is 6.25. The molecule has 10 aromatic rings. The molecule has 1 nitrogen and oxygen atoms in total. The molecule has 0 bridgehead atoms. The first-order valence-corrected chi connectivity index (χ1v) is 17.2. The van der Waals surface area contributed by atoms with Crippen LogP contribution in [0.5, 0.6) is 0 Å². The molecule has 49 heavy (non-hydrogen) atoms. The zero-order valence-electron chi connectivity index (χ0n) is 26.8. The van der Waals surface area contributed by atoms with Crippen molar-refractivity contribution in [3.05, 3.63) is 168 Å². The van der Waals surface area contributed by atoms with Crippen molar-refractivity contribution in [1.82, 2.24) is 0 Å². The lowest BCUT2D eigenvalue weighted by Gasteiger charge is -2.17. The van der Waals surface area contributed by atoms with Gasteiger partial charge >= 0.3 is 0 Å². The van der Waals surface area contributed by atoms with Gasteiger partial charge in [-0.25, -0.2) is 0 Å². The molecule has 0 amide bonds. The van der Waals surface area contributed by atoms with Crippen LogP contribution >= 0.6 is 0 Å². The number of fused-ring (bicyclic) bond motifs is 15. The van der Waals surface area contributed by atoms with Crippen molar-refractivity contribution < 1.29 is 4.42 Å². The van der Waals surface area contributed by atoms with E-state index in [2.05, 4.69) is 164 Å². The van der Waals surface area contributed by atoms with Gasteiger partial charge in [0.05, 0.1) is 0 Å². The summed E-state index contributed by atoms with van der Waals surface area (Å²) in [7, 11) is 0. The van der Waals surface area contributed by atoms with Crippen molar-refractivity contribution in [2.75, 3.05) is 0 Å². The summed E-state index contributed by atoms with van der Waals surface area (Å²) in [5, 5.41) is 18.1. The van der Waals surface area contributed by atoms with Crippen molar-refractivity contribution in [3.8, 4) is 11.1 Å². The monoisotopic (exact) mass is 622 g/mol. The average Bonchev–Trinajstić information content (AvgIpc) is 3.55. The van der Waals surface area contributed by atoms with Crippen molar-refractivity contribution in [1.29, 1.82) is 0 Å². The summed E-state index contributed by atoms with van der Waals surface area (Å²) in [6.45, 7) is 0. The summed E-state index contributed by atoms with van der Waals surface area (Å²) in [5.74, 6) is 0.290. The second-order valence-electron chi connectivity index (χ2n) is 13.6. The predicted molar refractivity (Wildman–Crippen MR) is 209 cm³/mol. The van der Waals surface area contributed by atoms with Crippen molar-refractivity contribution >= 4 is 88.0 Å². The molecule has 0 N–H and O–H groups in total. The molecule has 9 aromatic carbocycles. The maximum atomic E-state index is 6.41. The molecule has 0 aliphatic heterocycles. The van der Waals surface area contributed by atoms with E-state index >= 15 is 0 Å². The van der Waals surface area contributed by atoms with E-state index in [1.165, 1.54) is 86.4 Å². The first-order valence-electron chi connectivity index (χ1n) is 17.2. The summed E-state index contributed by atoms with van der Waals surface area (Å²) in [5.41, 5.74) is 5.60. The lowest BCUT2D eigenvalue weighted by molar-refractivity contribution is 0.668. The fraction of sp³-hybridized carbons (Fsp3) is 0.0417. The number of hydrogen-bond acceptors (Lipinski definition) is 1. The second-order valence-corrected chi connectivity index (χ2v) is 13.6. The largest absolute Gasteiger partial charge is 0.456 e. The summed E-state index contributed by atoms with van der Waals surface area (Å²) in [6.07, 6.45) is 5.93. The Morgan fingerprint density at radius 3 is 1.45 bits per heavy atom. The first kappa shape index (κ1) is 26.8. The smallest absolute Gasteiger partial charge is 0.135 e. The molecule has 0 spiro atoms. The number of furan rings is 1. The molecule has 0 radical (unpaired) electrons. The molecular weight excluding hydrogens is 593 g/mol. The third kappa shape index (κ3) is 3.93. The fourth-order valence-electron chi connectivity index (χ4n) is 8.63. The number of rotatable bonds is 2. The standard InChI is InChI=1S/C48H30O/c1-3-13-37-33(9-1)35-11-5-7-15-39(35)43-25-29(17-21-41(37)43)31-19-23-47-45(27-31)46-28-32(20-24-48(46)49-47)30-18-22-42-38-14-4-2-10-34(38)36-12-6-8-16-40(36)44(42)26-30/h1-17,19-28,30H,18H2. The van der Waals surface area contributed by atoms with Crippen LogP contribution < -0.4 is 10.4 Å². The van der Waals surface area contributed by atoms with Gasteiger partial charge in [0.2, 0.25) is 0 Å². The Labute approximate surface area is 282 Å². The normalized spacial score (nSPS) is 14.6. The van der Waals surface area contributed by atoms with E-state index in [-0.39, 0.29) is 5.92 Å². The predicted octanol–water partition coefficient (Wildman–Crippen LogP) is 11.8. The van der Waals surface area contributed by atoms with Crippen LogP contribution in [0, 0.1) is 0 Å². The zero-order chi connectivity index (χ0) is 32.1. The number of hydrogen-bond donors (Lipinski definition) is 0. The number of benzene rings is 9. The minimum atomic E-state index is 0.290. The Balaban J connectivity index is 1.07.